The number of hydrogen-bond acceptors (Lipinski definition) is 6. The lowest BCUT2D eigenvalue weighted by atomic mass is 10.0. The first kappa shape index (κ1) is 28.9. The summed E-state index contributed by atoms with van der Waals surface area (Å²) in [5.74, 6) is -2.63. The number of carboxylic acids is 1. The lowest BCUT2D eigenvalue weighted by molar-refractivity contribution is -0.154. The van der Waals surface area contributed by atoms with Gasteiger partial charge in [0.25, 0.3) is 0 Å². The fraction of sp³-hybridized carbons (Fsp3) is 0.233. The normalized spacial score (nSPS) is 16.9. The van der Waals surface area contributed by atoms with Crippen molar-refractivity contribution in [2.75, 3.05) is 32.1 Å². The standard InChI is InChI=1S/C30H29F2N5O5/c1-18-26(19-8-10-20(11-9-19)29(38)39)35-37(22-6-4-3-5-7-22)28(18)34-30(40)33-25-17-36(14-15-41-2)42-27(25)21-12-13-23(31)24(32)16-21/h3-13,16,25,27H,14-15,17H2,1-2H3,(H,38,39)(H2,33,34,40)/t25-,27+/m1/s1. The van der Waals surface area contributed by atoms with E-state index in [1.807, 2.05) is 30.3 Å². The number of aromatic nitrogens is 2. The number of urea groups is 1. The van der Waals surface area contributed by atoms with Gasteiger partial charge in [-0.3, -0.25) is 10.2 Å². The number of benzene rings is 3. The van der Waals surface area contributed by atoms with E-state index in [0.29, 0.717) is 47.0 Å². The Morgan fingerprint density at radius 3 is 2.48 bits per heavy atom. The van der Waals surface area contributed by atoms with Crippen LogP contribution in [0, 0.1) is 18.6 Å². The summed E-state index contributed by atoms with van der Waals surface area (Å²) in [5, 5.41) is 21.4. The van der Waals surface area contributed by atoms with Gasteiger partial charge in [0.2, 0.25) is 0 Å². The molecule has 1 aliphatic heterocycles. The molecule has 4 aromatic rings. The number of nitrogens with zero attached hydrogens (tertiary/aromatic N) is 3. The zero-order valence-electron chi connectivity index (χ0n) is 22.9. The van der Waals surface area contributed by atoms with Gasteiger partial charge in [-0.25, -0.2) is 23.1 Å². The van der Waals surface area contributed by atoms with Crippen LogP contribution in [0.15, 0.2) is 72.8 Å². The minimum Gasteiger partial charge on any atom is -0.478 e. The van der Waals surface area contributed by atoms with Gasteiger partial charge in [0.1, 0.15) is 11.9 Å². The molecule has 0 radical (unpaired) electrons. The van der Waals surface area contributed by atoms with Crippen LogP contribution in [-0.4, -0.2) is 64.8 Å². The van der Waals surface area contributed by atoms with Crippen molar-refractivity contribution in [2.45, 2.75) is 19.1 Å². The van der Waals surface area contributed by atoms with E-state index in [9.17, 15) is 23.5 Å². The largest absolute Gasteiger partial charge is 0.478 e. The van der Waals surface area contributed by atoms with E-state index >= 15 is 0 Å². The fourth-order valence-corrected chi connectivity index (χ4v) is 4.79. The molecule has 2 amide bonds. The van der Waals surface area contributed by atoms with Crippen molar-refractivity contribution in [3.63, 3.8) is 0 Å². The third-order valence-corrected chi connectivity index (χ3v) is 6.92. The third-order valence-electron chi connectivity index (χ3n) is 6.92. The maximum absolute atomic E-state index is 14.1. The second-order valence-electron chi connectivity index (χ2n) is 9.74. The number of methoxy groups -OCH3 is 1. The molecule has 2 atom stereocenters. The zero-order valence-corrected chi connectivity index (χ0v) is 22.9. The maximum Gasteiger partial charge on any atom is 0.335 e. The summed E-state index contributed by atoms with van der Waals surface area (Å²) < 4.78 is 34.4. The summed E-state index contributed by atoms with van der Waals surface area (Å²) in [6.07, 6.45) is -0.772. The molecular formula is C30H29F2N5O5. The first-order valence-corrected chi connectivity index (χ1v) is 13.2. The molecule has 0 unspecified atom stereocenters. The molecule has 12 heteroatoms. The van der Waals surface area contributed by atoms with Gasteiger partial charge in [-0.2, -0.15) is 10.2 Å². The highest BCUT2D eigenvalue weighted by Crippen LogP contribution is 2.32. The molecule has 0 aliphatic carbocycles. The van der Waals surface area contributed by atoms with Crippen LogP contribution >= 0.6 is 0 Å². The Balaban J connectivity index is 1.43. The third kappa shape index (κ3) is 6.15. The number of anilines is 1. The van der Waals surface area contributed by atoms with Gasteiger partial charge in [-0.05, 0) is 48.9 Å². The van der Waals surface area contributed by atoms with Crippen LogP contribution in [0.1, 0.15) is 27.6 Å². The Morgan fingerprint density at radius 1 is 1.07 bits per heavy atom. The van der Waals surface area contributed by atoms with Crippen molar-refractivity contribution in [3.8, 4) is 16.9 Å². The smallest absolute Gasteiger partial charge is 0.335 e. The molecule has 42 heavy (non-hydrogen) atoms. The van der Waals surface area contributed by atoms with E-state index in [0.717, 1.165) is 12.1 Å². The van der Waals surface area contributed by atoms with Gasteiger partial charge in [-0.1, -0.05) is 36.4 Å². The van der Waals surface area contributed by atoms with Crippen LogP contribution < -0.4 is 10.6 Å². The highest BCUT2D eigenvalue weighted by atomic mass is 19.2. The monoisotopic (exact) mass is 577 g/mol. The van der Waals surface area contributed by atoms with Gasteiger partial charge in [-0.15, -0.1) is 0 Å². The molecule has 1 aromatic heterocycles. The molecular weight excluding hydrogens is 548 g/mol. The average Bonchev–Trinajstić information content (AvgIpc) is 3.54. The molecule has 0 saturated carbocycles. The van der Waals surface area contributed by atoms with Crippen LogP contribution in [0.4, 0.5) is 19.4 Å². The van der Waals surface area contributed by atoms with Crippen LogP contribution in [0.25, 0.3) is 16.9 Å². The Hall–Kier alpha value is -4.65. The van der Waals surface area contributed by atoms with E-state index in [2.05, 4.69) is 10.6 Å². The highest BCUT2D eigenvalue weighted by molar-refractivity contribution is 5.91. The van der Waals surface area contributed by atoms with Crippen molar-refractivity contribution in [3.05, 3.63) is 101 Å². The maximum atomic E-state index is 14.1. The minimum absolute atomic E-state index is 0.144. The topological polar surface area (TPSA) is 118 Å². The number of carboxylic acid groups (broad SMARTS) is 1. The van der Waals surface area contributed by atoms with E-state index in [1.165, 1.54) is 18.2 Å². The predicted octanol–water partition coefficient (Wildman–Crippen LogP) is 4.95. The molecule has 3 N–H and O–H groups in total. The number of carbonyl (C=O) groups excluding carboxylic acids is 1. The Bertz CT molecular complexity index is 1580. The van der Waals surface area contributed by atoms with Gasteiger partial charge in [0, 0.05) is 31.3 Å². The van der Waals surface area contributed by atoms with Gasteiger partial charge >= 0.3 is 12.0 Å². The second kappa shape index (κ2) is 12.5. The minimum atomic E-state index is -1.04. The first-order valence-electron chi connectivity index (χ1n) is 13.2. The Morgan fingerprint density at radius 2 is 1.81 bits per heavy atom. The summed E-state index contributed by atoms with van der Waals surface area (Å²) >= 11 is 0. The highest BCUT2D eigenvalue weighted by Gasteiger charge is 2.37. The molecule has 0 spiro atoms. The molecule has 0 bridgehead atoms. The molecule has 1 saturated heterocycles. The molecule has 3 aromatic carbocycles. The summed E-state index contributed by atoms with van der Waals surface area (Å²) in [7, 11) is 1.55. The van der Waals surface area contributed by atoms with E-state index in [-0.39, 0.29) is 12.1 Å². The fourth-order valence-electron chi connectivity index (χ4n) is 4.79. The number of hydrogen-bond donors (Lipinski definition) is 3. The number of aromatic carboxylic acids is 1. The molecule has 1 fully saturated rings. The summed E-state index contributed by atoms with van der Waals surface area (Å²) in [6.45, 7) is 2.85. The molecule has 2 heterocycles. The summed E-state index contributed by atoms with van der Waals surface area (Å²) in [4.78, 5) is 30.7. The molecule has 5 rings (SSSR count). The van der Waals surface area contributed by atoms with Gasteiger partial charge in [0.05, 0.1) is 29.6 Å². The second-order valence-corrected chi connectivity index (χ2v) is 9.74. The van der Waals surface area contributed by atoms with Crippen molar-refractivity contribution in [1.82, 2.24) is 20.2 Å². The van der Waals surface area contributed by atoms with Crippen LogP contribution in [0.5, 0.6) is 0 Å². The number of carbonyl (C=O) groups is 2. The first-order chi connectivity index (χ1) is 20.2. The summed E-state index contributed by atoms with van der Waals surface area (Å²) in [5.41, 5.74) is 3.09. The van der Waals surface area contributed by atoms with Gasteiger partial charge in [0.15, 0.2) is 11.6 Å². The number of rotatable bonds is 9. The number of para-hydroxylation sites is 1. The van der Waals surface area contributed by atoms with E-state index in [1.54, 1.807) is 35.9 Å². The Labute approximate surface area is 240 Å². The lowest BCUT2D eigenvalue weighted by Gasteiger charge is -2.20. The van der Waals surface area contributed by atoms with Crippen molar-refractivity contribution < 1.29 is 33.1 Å². The number of ether oxygens (including phenoxy) is 1. The average molecular weight is 578 g/mol. The van der Waals surface area contributed by atoms with E-state index in [4.69, 9.17) is 14.7 Å². The molecule has 1 aliphatic rings. The lowest BCUT2D eigenvalue weighted by Crippen LogP contribution is -2.42. The van der Waals surface area contributed by atoms with Gasteiger partial charge < -0.3 is 15.2 Å². The summed E-state index contributed by atoms with van der Waals surface area (Å²) in [6, 6.07) is 17.9. The van der Waals surface area contributed by atoms with E-state index < -0.39 is 35.8 Å². The SMILES string of the molecule is COCCN1C[C@@H](NC(=O)Nc2c(C)c(-c3ccc(C(=O)O)cc3)nn2-c2ccccc2)[C@H](c2ccc(F)c(F)c2)O1. The van der Waals surface area contributed by atoms with Crippen molar-refractivity contribution >= 4 is 17.8 Å². The number of nitrogens with one attached hydrogen (secondary N) is 2. The zero-order chi connectivity index (χ0) is 29.8. The molecule has 10 nitrogen and oxygen atoms in total. The molecule has 218 valence electrons. The predicted molar refractivity (Wildman–Crippen MR) is 150 cm³/mol. The van der Waals surface area contributed by atoms with Crippen molar-refractivity contribution in [1.29, 1.82) is 0 Å². The quantitative estimate of drug-likeness (QED) is 0.258. The van der Waals surface area contributed by atoms with Crippen LogP contribution in [-0.2, 0) is 9.57 Å². The number of halogens is 2. The van der Waals surface area contributed by atoms with Crippen molar-refractivity contribution in [2.24, 2.45) is 0 Å². The van der Waals surface area contributed by atoms with Crippen LogP contribution in [0.2, 0.25) is 0 Å². The number of amides is 2. The Kier molecular flexibility index (Phi) is 8.57. The number of hydroxylamine groups is 2. The van der Waals surface area contributed by atoms with Crippen LogP contribution in [0.3, 0.4) is 0 Å².